The highest BCUT2D eigenvalue weighted by atomic mass is 32.1. The molecule has 4 heteroatoms. The van der Waals surface area contributed by atoms with Crippen LogP contribution in [0.3, 0.4) is 0 Å². The standard InChI is InChI=1S/C9H13N3S/c1-5-10-9(13-12-5)11-8-3-6-2-7(6)4-8/h6-8H,2-4H2,1H3,(H,10,11,12). The molecular formula is C9H13N3S. The fourth-order valence-electron chi connectivity index (χ4n) is 2.36. The number of hydrogen-bond donors (Lipinski definition) is 1. The maximum absolute atomic E-state index is 4.31. The van der Waals surface area contributed by atoms with Crippen molar-refractivity contribution in [3.63, 3.8) is 0 Å². The highest BCUT2D eigenvalue weighted by Crippen LogP contribution is 2.52. The molecule has 2 aliphatic rings. The number of rotatable bonds is 2. The molecule has 1 heterocycles. The van der Waals surface area contributed by atoms with E-state index in [9.17, 15) is 0 Å². The van der Waals surface area contributed by atoms with E-state index in [4.69, 9.17) is 0 Å². The van der Waals surface area contributed by atoms with E-state index in [2.05, 4.69) is 14.7 Å². The molecule has 0 bridgehead atoms. The molecule has 0 aromatic carbocycles. The second-order valence-corrected chi connectivity index (χ2v) is 4.97. The normalized spacial score (nSPS) is 35.9. The first-order chi connectivity index (χ1) is 6.31. The summed E-state index contributed by atoms with van der Waals surface area (Å²) in [6.07, 6.45) is 4.18. The maximum atomic E-state index is 4.31. The van der Waals surface area contributed by atoms with E-state index in [1.165, 1.54) is 30.8 Å². The fourth-order valence-corrected chi connectivity index (χ4v) is 3.01. The summed E-state index contributed by atoms with van der Waals surface area (Å²) in [6.45, 7) is 1.94. The Morgan fingerprint density at radius 1 is 1.31 bits per heavy atom. The molecule has 2 saturated carbocycles. The fraction of sp³-hybridized carbons (Fsp3) is 0.778. The van der Waals surface area contributed by atoms with Crippen LogP contribution in [-0.4, -0.2) is 15.4 Å². The Hall–Kier alpha value is -0.640. The molecule has 1 N–H and O–H groups in total. The number of aromatic nitrogens is 2. The first kappa shape index (κ1) is 7.74. The van der Waals surface area contributed by atoms with Crippen molar-refractivity contribution in [3.8, 4) is 0 Å². The molecule has 0 aliphatic heterocycles. The molecule has 70 valence electrons. The third kappa shape index (κ3) is 1.43. The second kappa shape index (κ2) is 2.67. The lowest BCUT2D eigenvalue weighted by Crippen LogP contribution is -2.16. The van der Waals surface area contributed by atoms with E-state index >= 15 is 0 Å². The van der Waals surface area contributed by atoms with Gasteiger partial charge in [0.1, 0.15) is 5.82 Å². The Kier molecular flexibility index (Phi) is 1.59. The lowest BCUT2D eigenvalue weighted by Gasteiger charge is -2.11. The quantitative estimate of drug-likeness (QED) is 0.785. The van der Waals surface area contributed by atoms with Gasteiger partial charge in [-0.1, -0.05) is 0 Å². The molecule has 0 spiro atoms. The third-order valence-electron chi connectivity index (χ3n) is 3.10. The monoisotopic (exact) mass is 195 g/mol. The van der Waals surface area contributed by atoms with Gasteiger partial charge in [0.15, 0.2) is 0 Å². The van der Waals surface area contributed by atoms with Gasteiger partial charge < -0.3 is 5.32 Å². The highest BCUT2D eigenvalue weighted by molar-refractivity contribution is 7.09. The average molecular weight is 195 g/mol. The van der Waals surface area contributed by atoms with Gasteiger partial charge in [-0.05, 0) is 38.0 Å². The summed E-state index contributed by atoms with van der Waals surface area (Å²) in [7, 11) is 0. The van der Waals surface area contributed by atoms with E-state index < -0.39 is 0 Å². The molecule has 2 atom stereocenters. The number of hydrogen-bond acceptors (Lipinski definition) is 4. The smallest absolute Gasteiger partial charge is 0.202 e. The van der Waals surface area contributed by atoms with Crippen molar-refractivity contribution in [2.45, 2.75) is 32.2 Å². The largest absolute Gasteiger partial charge is 0.358 e. The second-order valence-electron chi connectivity index (χ2n) is 4.22. The SMILES string of the molecule is Cc1nsc(NC2CC3CC3C2)n1. The van der Waals surface area contributed by atoms with Gasteiger partial charge in [0.25, 0.3) is 0 Å². The van der Waals surface area contributed by atoms with Gasteiger partial charge >= 0.3 is 0 Å². The lowest BCUT2D eigenvalue weighted by molar-refractivity contribution is 0.651. The molecule has 3 rings (SSSR count). The number of aryl methyl sites for hydroxylation is 1. The number of nitrogens with zero attached hydrogens (tertiary/aromatic N) is 2. The summed E-state index contributed by atoms with van der Waals surface area (Å²) in [5.74, 6) is 2.95. The first-order valence-corrected chi connectivity index (χ1v) is 5.65. The van der Waals surface area contributed by atoms with E-state index in [1.807, 2.05) is 6.92 Å². The third-order valence-corrected chi connectivity index (χ3v) is 3.84. The van der Waals surface area contributed by atoms with Crippen LogP contribution in [0.1, 0.15) is 25.1 Å². The van der Waals surface area contributed by atoms with Crippen molar-refractivity contribution in [2.24, 2.45) is 11.8 Å². The molecule has 13 heavy (non-hydrogen) atoms. The molecule has 0 amide bonds. The van der Waals surface area contributed by atoms with Crippen LogP contribution in [0.4, 0.5) is 5.13 Å². The summed E-state index contributed by atoms with van der Waals surface area (Å²) in [4.78, 5) is 4.31. The van der Waals surface area contributed by atoms with Crippen LogP contribution in [0.5, 0.6) is 0 Å². The van der Waals surface area contributed by atoms with Gasteiger partial charge in [-0.3, -0.25) is 0 Å². The predicted molar refractivity (Wildman–Crippen MR) is 52.9 cm³/mol. The van der Waals surface area contributed by atoms with Gasteiger partial charge in [-0.25, -0.2) is 4.98 Å². The van der Waals surface area contributed by atoms with Crippen molar-refractivity contribution in [2.75, 3.05) is 5.32 Å². The van der Waals surface area contributed by atoms with Crippen LogP contribution in [0, 0.1) is 18.8 Å². The molecule has 2 unspecified atom stereocenters. The van der Waals surface area contributed by atoms with Gasteiger partial charge in [-0.2, -0.15) is 4.37 Å². The van der Waals surface area contributed by atoms with Crippen molar-refractivity contribution in [1.82, 2.24) is 9.36 Å². The van der Waals surface area contributed by atoms with Crippen LogP contribution in [0.25, 0.3) is 0 Å². The summed E-state index contributed by atoms with van der Waals surface area (Å²) < 4.78 is 4.16. The zero-order chi connectivity index (χ0) is 8.84. The van der Waals surface area contributed by atoms with Gasteiger partial charge in [-0.15, -0.1) is 0 Å². The molecule has 2 aliphatic carbocycles. The van der Waals surface area contributed by atoms with Crippen molar-refractivity contribution < 1.29 is 0 Å². The Morgan fingerprint density at radius 2 is 2.08 bits per heavy atom. The summed E-state index contributed by atoms with van der Waals surface area (Å²) in [6, 6.07) is 0.677. The van der Waals surface area contributed by atoms with Crippen LogP contribution >= 0.6 is 11.5 Å². The van der Waals surface area contributed by atoms with Crippen LogP contribution in [0.15, 0.2) is 0 Å². The Labute approximate surface area is 81.7 Å². The number of anilines is 1. The van der Waals surface area contributed by atoms with E-state index in [0.717, 1.165) is 22.8 Å². The summed E-state index contributed by atoms with van der Waals surface area (Å²) in [5, 5.41) is 4.47. The minimum atomic E-state index is 0.677. The first-order valence-electron chi connectivity index (χ1n) is 4.88. The Bertz CT molecular complexity index is 312. The number of fused-ring (bicyclic) bond motifs is 1. The Balaban J connectivity index is 1.63. The van der Waals surface area contributed by atoms with Crippen molar-refractivity contribution in [1.29, 1.82) is 0 Å². The summed E-state index contributed by atoms with van der Waals surface area (Å²) in [5.41, 5.74) is 0. The molecule has 0 saturated heterocycles. The highest BCUT2D eigenvalue weighted by Gasteiger charge is 2.45. The maximum Gasteiger partial charge on any atom is 0.202 e. The lowest BCUT2D eigenvalue weighted by atomic mass is 10.2. The van der Waals surface area contributed by atoms with Gasteiger partial charge in [0.2, 0.25) is 5.13 Å². The molecular weight excluding hydrogens is 182 g/mol. The minimum absolute atomic E-state index is 0.677. The Morgan fingerprint density at radius 3 is 2.69 bits per heavy atom. The summed E-state index contributed by atoms with van der Waals surface area (Å²) >= 11 is 1.48. The number of nitrogens with one attached hydrogen (secondary N) is 1. The molecule has 0 radical (unpaired) electrons. The van der Waals surface area contributed by atoms with Crippen molar-refractivity contribution in [3.05, 3.63) is 5.82 Å². The molecule has 1 aromatic heterocycles. The van der Waals surface area contributed by atoms with Crippen LogP contribution in [-0.2, 0) is 0 Å². The van der Waals surface area contributed by atoms with Crippen LogP contribution in [0.2, 0.25) is 0 Å². The topological polar surface area (TPSA) is 37.8 Å². The van der Waals surface area contributed by atoms with E-state index in [1.54, 1.807) is 0 Å². The van der Waals surface area contributed by atoms with Gasteiger partial charge in [0.05, 0.1) is 0 Å². The van der Waals surface area contributed by atoms with Crippen molar-refractivity contribution >= 4 is 16.7 Å². The predicted octanol–water partition coefficient (Wildman–Crippen LogP) is 2.06. The van der Waals surface area contributed by atoms with Crippen LogP contribution < -0.4 is 5.32 Å². The molecule has 2 fully saturated rings. The molecule has 1 aromatic rings. The zero-order valence-electron chi connectivity index (χ0n) is 7.66. The van der Waals surface area contributed by atoms with E-state index in [0.29, 0.717) is 6.04 Å². The minimum Gasteiger partial charge on any atom is -0.358 e. The zero-order valence-corrected chi connectivity index (χ0v) is 8.47. The average Bonchev–Trinajstić information content (AvgIpc) is 2.55. The molecule has 3 nitrogen and oxygen atoms in total. The van der Waals surface area contributed by atoms with E-state index in [-0.39, 0.29) is 0 Å². The van der Waals surface area contributed by atoms with Gasteiger partial charge in [0, 0.05) is 17.6 Å².